The summed E-state index contributed by atoms with van der Waals surface area (Å²) < 4.78 is 28.1. The van der Waals surface area contributed by atoms with Crippen LogP contribution in [0.2, 0.25) is 10.0 Å². The summed E-state index contributed by atoms with van der Waals surface area (Å²) in [4.78, 5) is 9.75. The molecule has 0 aromatic heterocycles. The molecule has 0 aliphatic rings. The fourth-order valence-electron chi connectivity index (χ4n) is 1.65. The van der Waals surface area contributed by atoms with E-state index in [1.807, 2.05) is 0 Å². The minimum absolute atomic E-state index is 0.159. The standard InChI is InChI=1S/C12H8Cl2N2O5S/c13-7-3-1-2-4-8(7)21-9-5-6-10(22(15,19)20)11(14)12(9)16(17)18/h1-6H,(H2,15,19,20). The molecule has 0 atom stereocenters. The topological polar surface area (TPSA) is 113 Å². The van der Waals surface area contributed by atoms with Crippen molar-refractivity contribution < 1.29 is 18.1 Å². The van der Waals surface area contributed by atoms with Crippen molar-refractivity contribution in [1.29, 1.82) is 0 Å². The molecule has 0 unspecified atom stereocenters. The van der Waals surface area contributed by atoms with E-state index < -0.39 is 30.6 Å². The molecule has 116 valence electrons. The SMILES string of the molecule is NS(=O)(=O)c1ccc(Oc2ccccc2Cl)c([N+](=O)[O-])c1Cl. The Kier molecular flexibility index (Phi) is 4.57. The quantitative estimate of drug-likeness (QED) is 0.661. The highest BCUT2D eigenvalue weighted by Gasteiger charge is 2.28. The number of sulfonamides is 1. The molecule has 0 fully saturated rings. The van der Waals surface area contributed by atoms with Crippen LogP contribution in [0.4, 0.5) is 5.69 Å². The number of nitro benzene ring substituents is 1. The Morgan fingerprint density at radius 2 is 1.73 bits per heavy atom. The Balaban J connectivity index is 2.61. The smallest absolute Gasteiger partial charge is 0.331 e. The van der Waals surface area contributed by atoms with Gasteiger partial charge in [0.25, 0.3) is 0 Å². The maximum atomic E-state index is 11.4. The fraction of sp³-hybridized carbons (Fsp3) is 0. The third-order valence-corrected chi connectivity index (χ3v) is 4.35. The van der Waals surface area contributed by atoms with Gasteiger partial charge in [-0.1, -0.05) is 35.3 Å². The highest BCUT2D eigenvalue weighted by atomic mass is 35.5. The zero-order chi connectivity index (χ0) is 16.5. The first kappa shape index (κ1) is 16.5. The molecule has 0 aliphatic carbocycles. The van der Waals surface area contributed by atoms with Gasteiger partial charge < -0.3 is 4.74 Å². The van der Waals surface area contributed by atoms with Crippen molar-refractivity contribution in [3.8, 4) is 11.5 Å². The lowest BCUT2D eigenvalue weighted by Crippen LogP contribution is -2.13. The molecule has 10 heteroatoms. The van der Waals surface area contributed by atoms with Crippen LogP contribution in [-0.2, 0) is 10.0 Å². The van der Waals surface area contributed by atoms with Gasteiger partial charge in [-0.05, 0) is 24.3 Å². The van der Waals surface area contributed by atoms with Crippen LogP contribution in [0.5, 0.6) is 11.5 Å². The van der Waals surface area contributed by atoms with Crippen LogP contribution in [-0.4, -0.2) is 13.3 Å². The molecule has 7 nitrogen and oxygen atoms in total. The van der Waals surface area contributed by atoms with E-state index in [2.05, 4.69) is 0 Å². The van der Waals surface area contributed by atoms with Crippen molar-refractivity contribution in [1.82, 2.24) is 0 Å². The summed E-state index contributed by atoms with van der Waals surface area (Å²) in [6.07, 6.45) is 0. The third-order valence-electron chi connectivity index (χ3n) is 2.59. The third kappa shape index (κ3) is 3.30. The fourth-order valence-corrected chi connectivity index (χ4v) is 2.97. The molecule has 0 saturated heterocycles. The number of nitrogens with zero attached hydrogens (tertiary/aromatic N) is 1. The highest BCUT2D eigenvalue weighted by Crippen LogP contribution is 2.41. The minimum atomic E-state index is -4.21. The Morgan fingerprint density at radius 1 is 1.09 bits per heavy atom. The van der Waals surface area contributed by atoms with Gasteiger partial charge >= 0.3 is 5.69 Å². The number of rotatable bonds is 4. The van der Waals surface area contributed by atoms with Crippen LogP contribution in [0.15, 0.2) is 41.3 Å². The van der Waals surface area contributed by atoms with Gasteiger partial charge in [-0.2, -0.15) is 0 Å². The predicted molar refractivity (Wildman–Crippen MR) is 81.0 cm³/mol. The van der Waals surface area contributed by atoms with Crippen LogP contribution >= 0.6 is 23.2 Å². The normalized spacial score (nSPS) is 11.2. The summed E-state index contributed by atoms with van der Waals surface area (Å²) in [5.41, 5.74) is -0.715. The van der Waals surface area contributed by atoms with E-state index in [1.54, 1.807) is 12.1 Å². The first-order chi connectivity index (χ1) is 10.2. The van der Waals surface area contributed by atoms with Crippen molar-refractivity contribution in [3.05, 3.63) is 56.6 Å². The summed E-state index contributed by atoms with van der Waals surface area (Å²) >= 11 is 11.7. The van der Waals surface area contributed by atoms with Crippen molar-refractivity contribution in [2.45, 2.75) is 4.90 Å². The van der Waals surface area contributed by atoms with E-state index in [4.69, 9.17) is 33.1 Å². The molecule has 0 heterocycles. The summed E-state index contributed by atoms with van der Waals surface area (Å²) in [6.45, 7) is 0. The lowest BCUT2D eigenvalue weighted by Gasteiger charge is -2.10. The van der Waals surface area contributed by atoms with E-state index in [1.165, 1.54) is 12.1 Å². The molecule has 2 aromatic rings. The minimum Gasteiger partial charge on any atom is -0.448 e. The van der Waals surface area contributed by atoms with Crippen molar-refractivity contribution >= 4 is 38.9 Å². The maximum Gasteiger partial charge on any atom is 0.331 e. The number of nitrogens with two attached hydrogens (primary N) is 1. The number of para-hydroxylation sites is 1. The Labute approximate surface area is 135 Å². The number of benzene rings is 2. The van der Waals surface area contributed by atoms with Crippen molar-refractivity contribution in [3.63, 3.8) is 0 Å². The summed E-state index contributed by atoms with van der Waals surface area (Å²) in [5, 5.41) is 15.7. The zero-order valence-corrected chi connectivity index (χ0v) is 13.0. The molecule has 0 bridgehead atoms. The Bertz CT molecular complexity index is 855. The number of ether oxygens (including phenoxy) is 1. The predicted octanol–water partition coefficient (Wildman–Crippen LogP) is 3.34. The van der Waals surface area contributed by atoms with Crippen LogP contribution in [0.3, 0.4) is 0 Å². The molecule has 0 radical (unpaired) electrons. The molecular weight excluding hydrogens is 355 g/mol. The summed E-state index contributed by atoms with van der Waals surface area (Å²) in [7, 11) is -4.21. The molecule has 0 spiro atoms. The number of nitro groups is 1. The maximum absolute atomic E-state index is 11.4. The zero-order valence-electron chi connectivity index (χ0n) is 10.7. The van der Waals surface area contributed by atoms with Gasteiger partial charge in [-0.15, -0.1) is 0 Å². The number of hydrogen-bond donors (Lipinski definition) is 1. The van der Waals surface area contributed by atoms with Crippen LogP contribution in [0.1, 0.15) is 0 Å². The van der Waals surface area contributed by atoms with Gasteiger partial charge in [-0.3, -0.25) is 10.1 Å². The molecule has 22 heavy (non-hydrogen) atoms. The monoisotopic (exact) mass is 362 g/mol. The number of halogens is 2. The summed E-state index contributed by atoms with van der Waals surface area (Å²) in [5.74, 6) is -0.0952. The van der Waals surface area contributed by atoms with Crippen LogP contribution in [0.25, 0.3) is 0 Å². The highest BCUT2D eigenvalue weighted by molar-refractivity contribution is 7.89. The Hall–Kier alpha value is -1.87. The van der Waals surface area contributed by atoms with Gasteiger partial charge in [0.05, 0.1) is 9.95 Å². The molecule has 2 rings (SSSR count). The molecular formula is C12H8Cl2N2O5S. The van der Waals surface area contributed by atoms with Gasteiger partial charge in [-0.25, -0.2) is 13.6 Å². The van der Waals surface area contributed by atoms with E-state index in [0.29, 0.717) is 0 Å². The van der Waals surface area contributed by atoms with Crippen LogP contribution in [0, 0.1) is 10.1 Å². The molecule has 2 N–H and O–H groups in total. The average molecular weight is 363 g/mol. The van der Waals surface area contributed by atoms with Gasteiger partial charge in [0.1, 0.15) is 15.7 Å². The van der Waals surface area contributed by atoms with Crippen molar-refractivity contribution in [2.75, 3.05) is 0 Å². The second kappa shape index (κ2) is 6.09. The van der Waals surface area contributed by atoms with Crippen LogP contribution < -0.4 is 9.88 Å². The molecule has 0 aliphatic heterocycles. The molecule has 2 aromatic carbocycles. The number of hydrogen-bond acceptors (Lipinski definition) is 5. The molecule has 0 saturated carbocycles. The lowest BCUT2D eigenvalue weighted by atomic mass is 10.3. The molecule has 0 amide bonds. The first-order valence-electron chi connectivity index (χ1n) is 5.64. The second-order valence-corrected chi connectivity index (χ2v) is 6.37. The Morgan fingerprint density at radius 3 is 2.27 bits per heavy atom. The van der Waals surface area contributed by atoms with E-state index in [-0.39, 0.29) is 16.5 Å². The van der Waals surface area contributed by atoms with Crippen molar-refractivity contribution in [2.24, 2.45) is 5.14 Å². The van der Waals surface area contributed by atoms with Gasteiger partial charge in [0.15, 0.2) is 0 Å². The largest absolute Gasteiger partial charge is 0.448 e. The average Bonchev–Trinajstić information content (AvgIpc) is 2.39. The van der Waals surface area contributed by atoms with E-state index in [0.717, 1.165) is 12.1 Å². The lowest BCUT2D eigenvalue weighted by molar-refractivity contribution is -0.385. The summed E-state index contributed by atoms with van der Waals surface area (Å²) in [6, 6.07) is 8.41. The first-order valence-corrected chi connectivity index (χ1v) is 7.94. The number of primary sulfonamides is 1. The van der Waals surface area contributed by atoms with E-state index >= 15 is 0 Å². The second-order valence-electron chi connectivity index (χ2n) is 4.06. The van der Waals surface area contributed by atoms with Gasteiger partial charge in [0.2, 0.25) is 15.8 Å². The van der Waals surface area contributed by atoms with E-state index in [9.17, 15) is 18.5 Å². The van der Waals surface area contributed by atoms with Gasteiger partial charge in [0, 0.05) is 0 Å².